The summed E-state index contributed by atoms with van der Waals surface area (Å²) < 4.78 is 38.5. The van der Waals surface area contributed by atoms with E-state index in [0.717, 1.165) is 16.8 Å². The lowest BCUT2D eigenvalue weighted by Crippen LogP contribution is -2.06. The topological polar surface area (TPSA) is 54.5 Å². The van der Waals surface area contributed by atoms with Gasteiger partial charge < -0.3 is 4.98 Å². The van der Waals surface area contributed by atoms with E-state index in [2.05, 4.69) is 19.9 Å². The highest BCUT2D eigenvalue weighted by molar-refractivity contribution is 7.13. The molecule has 0 unspecified atom stereocenters. The summed E-state index contributed by atoms with van der Waals surface area (Å²) in [6.07, 6.45) is -1.64. The third kappa shape index (κ3) is 2.06. The van der Waals surface area contributed by atoms with Crippen molar-refractivity contribution < 1.29 is 13.2 Å². The molecule has 0 amide bonds. The summed E-state index contributed by atoms with van der Waals surface area (Å²) in [5, 5.41) is -0.0218. The van der Waals surface area contributed by atoms with Crippen molar-refractivity contribution in [3.05, 3.63) is 28.9 Å². The fourth-order valence-electron chi connectivity index (χ4n) is 1.70. The Labute approximate surface area is 113 Å². The molecule has 98 valence electrons. The first-order valence-corrected chi connectivity index (χ1v) is 6.23. The monoisotopic (exact) mass is 304 g/mol. The Morgan fingerprint density at radius 1 is 1.26 bits per heavy atom. The molecule has 0 spiro atoms. The van der Waals surface area contributed by atoms with E-state index in [-0.39, 0.29) is 10.2 Å². The fraction of sp³-hybridized carbons (Fsp3) is 0.100. The molecule has 0 saturated carbocycles. The summed E-state index contributed by atoms with van der Waals surface area (Å²) in [5.41, 5.74) is 1.40. The minimum atomic E-state index is -4.50. The summed E-state index contributed by atoms with van der Waals surface area (Å²) in [7, 11) is 0. The highest BCUT2D eigenvalue weighted by Crippen LogP contribution is 2.40. The van der Waals surface area contributed by atoms with Crippen LogP contribution in [0.3, 0.4) is 0 Å². The van der Waals surface area contributed by atoms with Crippen molar-refractivity contribution >= 4 is 34.0 Å². The van der Waals surface area contributed by atoms with Crippen LogP contribution in [0.5, 0.6) is 0 Å². The van der Waals surface area contributed by atoms with Gasteiger partial charge in [0.05, 0.1) is 22.1 Å². The van der Waals surface area contributed by atoms with Gasteiger partial charge in [-0.15, -0.1) is 11.3 Å². The van der Waals surface area contributed by atoms with Gasteiger partial charge in [-0.3, -0.25) is 0 Å². The molecule has 0 saturated heterocycles. The number of aromatic amines is 1. The predicted octanol–water partition coefficient (Wildman–Crippen LogP) is 3.75. The molecule has 0 radical (unpaired) electrons. The summed E-state index contributed by atoms with van der Waals surface area (Å²) in [5.74, 6) is 0. The number of alkyl halides is 3. The lowest BCUT2D eigenvalue weighted by molar-refractivity contribution is -0.140. The highest BCUT2D eigenvalue weighted by atomic mass is 35.5. The number of hydrogen-bond donors (Lipinski definition) is 1. The van der Waals surface area contributed by atoms with Crippen LogP contribution in [-0.2, 0) is 6.18 Å². The molecule has 3 aromatic heterocycles. The van der Waals surface area contributed by atoms with Gasteiger partial charge in [0.15, 0.2) is 5.69 Å². The van der Waals surface area contributed by atoms with Crippen LogP contribution < -0.4 is 0 Å². The van der Waals surface area contributed by atoms with Gasteiger partial charge in [-0.2, -0.15) is 13.2 Å². The molecule has 9 heteroatoms. The third-order valence-electron chi connectivity index (χ3n) is 2.47. The maximum atomic E-state index is 12.8. The molecule has 0 aliphatic heterocycles. The van der Waals surface area contributed by atoms with Crippen molar-refractivity contribution in [2.45, 2.75) is 6.18 Å². The fourth-order valence-corrected chi connectivity index (χ4v) is 2.66. The molecule has 19 heavy (non-hydrogen) atoms. The zero-order valence-corrected chi connectivity index (χ0v) is 10.6. The molecular weight excluding hydrogens is 301 g/mol. The van der Waals surface area contributed by atoms with Gasteiger partial charge in [-0.1, -0.05) is 0 Å². The zero-order chi connectivity index (χ0) is 13.6. The number of aromatic nitrogens is 4. The largest absolute Gasteiger partial charge is 0.434 e. The van der Waals surface area contributed by atoms with E-state index in [1.54, 1.807) is 0 Å². The van der Waals surface area contributed by atoms with Gasteiger partial charge >= 0.3 is 6.18 Å². The third-order valence-corrected chi connectivity index (χ3v) is 3.51. The summed E-state index contributed by atoms with van der Waals surface area (Å²) in [6.45, 7) is 0. The van der Waals surface area contributed by atoms with Gasteiger partial charge in [-0.05, 0) is 11.6 Å². The van der Waals surface area contributed by atoms with E-state index < -0.39 is 11.9 Å². The number of H-pyrrole nitrogens is 1. The van der Waals surface area contributed by atoms with Crippen molar-refractivity contribution in [1.82, 2.24) is 19.9 Å². The lowest BCUT2D eigenvalue weighted by atomic mass is 10.2. The molecule has 3 aromatic rings. The number of rotatable bonds is 1. The Morgan fingerprint density at radius 3 is 2.79 bits per heavy atom. The summed E-state index contributed by atoms with van der Waals surface area (Å²) in [6, 6.07) is 0. The normalized spacial score (nSPS) is 12.2. The molecule has 3 rings (SSSR count). The van der Waals surface area contributed by atoms with Gasteiger partial charge in [0.1, 0.15) is 5.52 Å². The molecule has 0 fully saturated rings. The molecular formula is C10H4ClF3N4S. The Kier molecular flexibility index (Phi) is 2.72. The van der Waals surface area contributed by atoms with Crippen molar-refractivity contribution in [2.75, 3.05) is 0 Å². The zero-order valence-electron chi connectivity index (χ0n) is 8.99. The number of hydrogen-bond acceptors (Lipinski definition) is 4. The predicted molar refractivity (Wildman–Crippen MR) is 65.0 cm³/mol. The van der Waals surface area contributed by atoms with Crippen LogP contribution >= 0.6 is 22.9 Å². The second-order valence-corrected chi connectivity index (χ2v) is 4.82. The van der Waals surface area contributed by atoms with E-state index in [0.29, 0.717) is 16.6 Å². The molecule has 1 N–H and O–H groups in total. The maximum absolute atomic E-state index is 12.8. The first-order valence-electron chi connectivity index (χ1n) is 4.97. The Hall–Kier alpha value is -1.67. The molecule has 3 heterocycles. The number of fused-ring (bicyclic) bond motifs is 1. The van der Waals surface area contributed by atoms with E-state index in [4.69, 9.17) is 11.6 Å². The maximum Gasteiger partial charge on any atom is 0.434 e. The smallest absolute Gasteiger partial charge is 0.358 e. The van der Waals surface area contributed by atoms with E-state index >= 15 is 0 Å². The SMILES string of the molecule is FC(F)(F)c1ncsc1-c1c[nH]c2cnc(Cl)nc12. The lowest BCUT2D eigenvalue weighted by Gasteiger charge is -2.05. The van der Waals surface area contributed by atoms with Crippen LogP contribution in [0.25, 0.3) is 21.5 Å². The number of thiazole rings is 1. The second-order valence-electron chi connectivity index (χ2n) is 3.63. The van der Waals surface area contributed by atoms with E-state index in [1.807, 2.05) is 0 Å². The Morgan fingerprint density at radius 2 is 2.05 bits per heavy atom. The number of halogens is 4. The highest BCUT2D eigenvalue weighted by Gasteiger charge is 2.37. The van der Waals surface area contributed by atoms with Crippen LogP contribution in [0.1, 0.15) is 5.69 Å². The molecule has 4 nitrogen and oxygen atoms in total. The van der Waals surface area contributed by atoms with Crippen LogP contribution in [0.4, 0.5) is 13.2 Å². The van der Waals surface area contributed by atoms with Gasteiger partial charge in [-0.25, -0.2) is 15.0 Å². The van der Waals surface area contributed by atoms with Crippen LogP contribution in [0, 0.1) is 0 Å². The first kappa shape index (κ1) is 12.4. The Balaban J connectivity index is 2.26. The minimum absolute atomic E-state index is 0.00789. The van der Waals surface area contributed by atoms with Gasteiger partial charge in [0, 0.05) is 11.8 Å². The van der Waals surface area contributed by atoms with Crippen molar-refractivity contribution in [3.8, 4) is 10.4 Å². The molecule has 0 aliphatic rings. The molecule has 0 atom stereocenters. The van der Waals surface area contributed by atoms with Crippen LogP contribution in [-0.4, -0.2) is 19.9 Å². The molecule has 0 aromatic carbocycles. The van der Waals surface area contributed by atoms with E-state index in [1.165, 1.54) is 12.4 Å². The average molecular weight is 305 g/mol. The minimum Gasteiger partial charge on any atom is -0.358 e. The summed E-state index contributed by atoms with van der Waals surface area (Å²) >= 11 is 6.57. The molecule has 0 bridgehead atoms. The number of nitrogens with one attached hydrogen (secondary N) is 1. The van der Waals surface area contributed by atoms with Crippen molar-refractivity contribution in [1.29, 1.82) is 0 Å². The number of nitrogens with zero attached hydrogens (tertiary/aromatic N) is 3. The van der Waals surface area contributed by atoms with Crippen molar-refractivity contribution in [2.24, 2.45) is 0 Å². The van der Waals surface area contributed by atoms with E-state index in [9.17, 15) is 13.2 Å². The summed E-state index contributed by atoms with van der Waals surface area (Å²) in [4.78, 5) is 13.9. The second kappa shape index (κ2) is 4.17. The standard InChI is InChI=1S/C10H4ClF3N4S/c11-9-16-2-5-6(18-9)4(1-15-5)7-8(10(12,13)14)17-3-19-7/h1-3,15H. The van der Waals surface area contributed by atoms with Crippen LogP contribution in [0.2, 0.25) is 5.28 Å². The van der Waals surface area contributed by atoms with Crippen LogP contribution in [0.15, 0.2) is 17.9 Å². The van der Waals surface area contributed by atoms with Gasteiger partial charge in [0.2, 0.25) is 5.28 Å². The molecule has 0 aliphatic carbocycles. The first-order chi connectivity index (χ1) is 8.97. The average Bonchev–Trinajstić information content (AvgIpc) is 2.91. The Bertz CT molecular complexity index is 749. The van der Waals surface area contributed by atoms with Gasteiger partial charge in [0.25, 0.3) is 0 Å². The quantitative estimate of drug-likeness (QED) is 0.697. The van der Waals surface area contributed by atoms with Crippen molar-refractivity contribution in [3.63, 3.8) is 0 Å².